The van der Waals surface area contributed by atoms with Crippen LogP contribution in [0.15, 0.2) is 164 Å². The lowest BCUT2D eigenvalue weighted by molar-refractivity contribution is 1.29. The number of anilines is 5. The van der Waals surface area contributed by atoms with Gasteiger partial charge in [0.25, 0.3) is 0 Å². The first-order chi connectivity index (χ1) is 23.3. The summed E-state index contributed by atoms with van der Waals surface area (Å²) < 4.78 is 2.63. The van der Waals surface area contributed by atoms with Gasteiger partial charge in [-0.1, -0.05) is 97.1 Å². The van der Waals surface area contributed by atoms with Crippen LogP contribution in [0.2, 0.25) is 0 Å². The number of nitrogens with one attached hydrogen (secondary N) is 1. The Morgan fingerprint density at radius 2 is 1.15 bits per heavy atom. The Labute approximate surface area is 276 Å². The SMILES string of the molecule is c1ccc(N(c2ccc(-c3cc4c5c(cccc5c3)Nc3c-4ccc4ccccc34)cc2)c2ccc3sc4ccccc4c3c2)cc1. The van der Waals surface area contributed by atoms with Gasteiger partial charge in [-0.25, -0.2) is 0 Å². The third-order valence-corrected chi connectivity index (χ3v) is 10.7. The molecule has 0 unspecified atom stereocenters. The predicted octanol–water partition coefficient (Wildman–Crippen LogP) is 13.2. The van der Waals surface area contributed by atoms with E-state index in [2.05, 4.69) is 174 Å². The predicted molar refractivity (Wildman–Crippen MR) is 203 cm³/mol. The number of rotatable bonds is 4. The second kappa shape index (κ2) is 10.3. The number of benzene rings is 8. The summed E-state index contributed by atoms with van der Waals surface area (Å²) >= 11 is 1.86. The number of hydrogen-bond acceptors (Lipinski definition) is 3. The van der Waals surface area contributed by atoms with Crippen LogP contribution >= 0.6 is 11.3 Å². The van der Waals surface area contributed by atoms with Crippen molar-refractivity contribution in [3.05, 3.63) is 164 Å². The van der Waals surface area contributed by atoms with E-state index in [0.717, 1.165) is 22.7 Å². The quantitative estimate of drug-likeness (QED) is 0.212. The molecule has 0 amide bonds. The zero-order chi connectivity index (χ0) is 30.9. The molecule has 0 saturated carbocycles. The van der Waals surface area contributed by atoms with E-state index in [1.807, 2.05) is 11.3 Å². The first kappa shape index (κ1) is 26.3. The summed E-state index contributed by atoms with van der Waals surface area (Å²) in [5.74, 6) is 0. The second-order valence-electron chi connectivity index (χ2n) is 12.3. The average molecular weight is 617 g/mol. The molecule has 10 rings (SSSR count). The molecule has 1 aliphatic heterocycles. The van der Waals surface area contributed by atoms with Gasteiger partial charge in [0, 0.05) is 59.3 Å². The minimum absolute atomic E-state index is 1.13. The molecule has 2 heterocycles. The zero-order valence-electron chi connectivity index (χ0n) is 25.4. The van der Waals surface area contributed by atoms with Crippen molar-refractivity contribution in [1.29, 1.82) is 0 Å². The monoisotopic (exact) mass is 616 g/mol. The first-order valence-corrected chi connectivity index (χ1v) is 16.8. The van der Waals surface area contributed by atoms with E-state index in [1.165, 1.54) is 69.7 Å². The molecular formula is C44H28N2S. The highest BCUT2D eigenvalue weighted by molar-refractivity contribution is 7.25. The lowest BCUT2D eigenvalue weighted by Gasteiger charge is -2.26. The number of hydrogen-bond donors (Lipinski definition) is 1. The summed E-state index contributed by atoms with van der Waals surface area (Å²) in [5.41, 5.74) is 10.7. The smallest absolute Gasteiger partial charge is 0.0543 e. The van der Waals surface area contributed by atoms with Gasteiger partial charge in [0.2, 0.25) is 0 Å². The summed E-state index contributed by atoms with van der Waals surface area (Å²) in [7, 11) is 0. The normalized spacial score (nSPS) is 12.0. The van der Waals surface area contributed by atoms with Gasteiger partial charge in [-0.3, -0.25) is 0 Å². The fourth-order valence-electron chi connectivity index (χ4n) is 7.36. The van der Waals surface area contributed by atoms with Crippen LogP contribution in [-0.4, -0.2) is 0 Å². The molecule has 0 radical (unpaired) electrons. The topological polar surface area (TPSA) is 15.3 Å². The van der Waals surface area contributed by atoms with Gasteiger partial charge in [0.15, 0.2) is 0 Å². The maximum atomic E-state index is 3.77. The zero-order valence-corrected chi connectivity index (χ0v) is 26.3. The molecule has 1 N–H and O–H groups in total. The van der Waals surface area contributed by atoms with Crippen molar-refractivity contribution in [3.63, 3.8) is 0 Å². The second-order valence-corrected chi connectivity index (χ2v) is 13.3. The van der Waals surface area contributed by atoms with Crippen LogP contribution in [-0.2, 0) is 0 Å². The van der Waals surface area contributed by atoms with E-state index >= 15 is 0 Å². The van der Waals surface area contributed by atoms with Crippen molar-refractivity contribution >= 4 is 81.5 Å². The maximum Gasteiger partial charge on any atom is 0.0543 e. The highest BCUT2D eigenvalue weighted by Gasteiger charge is 2.21. The van der Waals surface area contributed by atoms with Crippen molar-refractivity contribution < 1.29 is 0 Å². The van der Waals surface area contributed by atoms with Crippen LogP contribution in [0.5, 0.6) is 0 Å². The summed E-state index contributed by atoms with van der Waals surface area (Å²) in [6.45, 7) is 0. The van der Waals surface area contributed by atoms with E-state index in [0.29, 0.717) is 0 Å². The number of para-hydroxylation sites is 1. The molecule has 220 valence electrons. The Morgan fingerprint density at radius 1 is 0.426 bits per heavy atom. The van der Waals surface area contributed by atoms with Crippen LogP contribution < -0.4 is 10.2 Å². The van der Waals surface area contributed by atoms with Crippen molar-refractivity contribution in [1.82, 2.24) is 0 Å². The standard InChI is InChI=1S/C44H28N2S/c1-2-11-32(12-3-1)46(34-22-24-42-38(27-34)36-14-6-7-16-41(36)47-42)33-20-17-28(18-21-33)31-25-30-10-8-15-40-43(30)39(26-31)37-23-19-29-9-4-5-13-35(29)44(37)45-40/h1-27,45H. The Bertz CT molecular complexity index is 2650. The third kappa shape index (κ3) is 4.17. The minimum Gasteiger partial charge on any atom is -0.354 e. The van der Waals surface area contributed by atoms with Crippen LogP contribution in [0, 0.1) is 0 Å². The van der Waals surface area contributed by atoms with Crippen LogP contribution in [0.3, 0.4) is 0 Å². The van der Waals surface area contributed by atoms with E-state index in [-0.39, 0.29) is 0 Å². The fraction of sp³-hybridized carbons (Fsp3) is 0. The average Bonchev–Trinajstić information content (AvgIpc) is 3.51. The molecule has 0 bridgehead atoms. The van der Waals surface area contributed by atoms with Crippen molar-refractivity contribution in [2.24, 2.45) is 0 Å². The minimum atomic E-state index is 1.13. The summed E-state index contributed by atoms with van der Waals surface area (Å²) in [5, 5.41) is 11.4. The Kier molecular flexibility index (Phi) is 5.78. The number of thiophene rings is 1. The lowest BCUT2D eigenvalue weighted by atomic mass is 9.87. The van der Waals surface area contributed by atoms with Gasteiger partial charge in [0.1, 0.15) is 0 Å². The van der Waals surface area contributed by atoms with E-state index < -0.39 is 0 Å². The maximum absolute atomic E-state index is 3.77. The highest BCUT2D eigenvalue weighted by atomic mass is 32.1. The highest BCUT2D eigenvalue weighted by Crippen LogP contribution is 2.48. The van der Waals surface area contributed by atoms with Crippen molar-refractivity contribution in [2.75, 3.05) is 10.2 Å². The number of nitrogens with zero attached hydrogens (tertiary/aromatic N) is 1. The molecular weight excluding hydrogens is 589 g/mol. The van der Waals surface area contributed by atoms with Crippen molar-refractivity contribution in [2.45, 2.75) is 0 Å². The van der Waals surface area contributed by atoms with E-state index in [4.69, 9.17) is 0 Å². The van der Waals surface area contributed by atoms with Crippen molar-refractivity contribution in [3.8, 4) is 22.3 Å². The fourth-order valence-corrected chi connectivity index (χ4v) is 8.44. The molecule has 1 aromatic heterocycles. The Hall–Kier alpha value is -5.90. The summed E-state index contributed by atoms with van der Waals surface area (Å²) in [4.78, 5) is 2.36. The molecule has 3 heteroatoms. The van der Waals surface area contributed by atoms with Gasteiger partial charge in [-0.15, -0.1) is 11.3 Å². The summed E-state index contributed by atoms with van der Waals surface area (Å²) in [6.07, 6.45) is 0. The largest absolute Gasteiger partial charge is 0.354 e. The van der Waals surface area contributed by atoms with Gasteiger partial charge < -0.3 is 10.2 Å². The van der Waals surface area contributed by atoms with E-state index in [9.17, 15) is 0 Å². The Balaban J connectivity index is 1.10. The molecule has 0 fully saturated rings. The van der Waals surface area contributed by atoms with Crippen LogP contribution in [0.25, 0.3) is 64.0 Å². The first-order valence-electron chi connectivity index (χ1n) is 16.0. The number of fused-ring (bicyclic) bond motifs is 7. The molecule has 0 atom stereocenters. The molecule has 1 aliphatic rings. The molecule has 8 aromatic carbocycles. The van der Waals surface area contributed by atoms with Gasteiger partial charge in [0.05, 0.1) is 5.69 Å². The van der Waals surface area contributed by atoms with Gasteiger partial charge >= 0.3 is 0 Å². The van der Waals surface area contributed by atoms with Crippen LogP contribution in [0.1, 0.15) is 0 Å². The molecule has 47 heavy (non-hydrogen) atoms. The van der Waals surface area contributed by atoms with Crippen LogP contribution in [0.4, 0.5) is 28.4 Å². The van der Waals surface area contributed by atoms with Gasteiger partial charge in [-0.05, 0) is 94.2 Å². The molecule has 9 aromatic rings. The third-order valence-electron chi connectivity index (χ3n) is 9.55. The van der Waals surface area contributed by atoms with Gasteiger partial charge in [-0.2, -0.15) is 0 Å². The summed E-state index contributed by atoms with van der Waals surface area (Å²) in [6, 6.07) is 59.7. The van der Waals surface area contributed by atoms with E-state index in [1.54, 1.807) is 0 Å². The molecule has 2 nitrogen and oxygen atoms in total. The lowest BCUT2D eigenvalue weighted by Crippen LogP contribution is -2.09. The molecule has 0 saturated heterocycles. The Morgan fingerprint density at radius 3 is 2.04 bits per heavy atom. The molecule has 0 aliphatic carbocycles. The molecule has 0 spiro atoms.